The molecule has 1 aliphatic heterocycles. The van der Waals surface area contributed by atoms with Gasteiger partial charge in [-0.1, -0.05) is 6.92 Å². The molecular formula is C8H12O3. The Morgan fingerprint density at radius 1 is 1.64 bits per heavy atom. The van der Waals surface area contributed by atoms with Crippen LogP contribution < -0.4 is 0 Å². The van der Waals surface area contributed by atoms with Crippen LogP contribution in [0, 0.1) is 0 Å². The van der Waals surface area contributed by atoms with Crippen LogP contribution in [0.25, 0.3) is 0 Å². The van der Waals surface area contributed by atoms with E-state index in [1.54, 1.807) is 6.92 Å². The second kappa shape index (κ2) is 2.34. The van der Waals surface area contributed by atoms with Crippen LogP contribution in [0.15, 0.2) is 11.1 Å². The van der Waals surface area contributed by atoms with Crippen LogP contribution in [0.2, 0.25) is 0 Å². The number of hydrogen-bond acceptors (Lipinski definition) is 3. The molecular weight excluding hydrogens is 144 g/mol. The highest BCUT2D eigenvalue weighted by Gasteiger charge is 2.38. The third kappa shape index (κ3) is 1.16. The maximum absolute atomic E-state index is 10.9. The molecule has 0 fully saturated rings. The molecule has 1 atom stereocenters. The minimum atomic E-state index is -1.37. The molecule has 62 valence electrons. The number of hydrogen-bond donors (Lipinski definition) is 1. The fourth-order valence-electron chi connectivity index (χ4n) is 1.38. The first-order chi connectivity index (χ1) is 4.99. The van der Waals surface area contributed by atoms with E-state index >= 15 is 0 Å². The third-order valence-corrected chi connectivity index (χ3v) is 1.96. The first-order valence-corrected chi connectivity index (χ1v) is 3.65. The number of rotatable bonds is 1. The predicted molar refractivity (Wildman–Crippen MR) is 39.7 cm³/mol. The van der Waals surface area contributed by atoms with E-state index in [-0.39, 0.29) is 0 Å². The second-order valence-corrected chi connectivity index (χ2v) is 2.83. The number of aliphatic hydroxyl groups is 1. The van der Waals surface area contributed by atoms with Gasteiger partial charge in [-0.3, -0.25) is 0 Å². The van der Waals surface area contributed by atoms with Gasteiger partial charge >= 0.3 is 5.97 Å². The van der Waals surface area contributed by atoms with Crippen molar-refractivity contribution in [1.82, 2.24) is 0 Å². The van der Waals surface area contributed by atoms with Crippen molar-refractivity contribution in [2.24, 2.45) is 0 Å². The van der Waals surface area contributed by atoms with Gasteiger partial charge in [0.15, 0.2) is 0 Å². The van der Waals surface area contributed by atoms with Crippen molar-refractivity contribution in [3.05, 3.63) is 11.1 Å². The van der Waals surface area contributed by atoms with Gasteiger partial charge in [0, 0.05) is 18.1 Å². The highest BCUT2D eigenvalue weighted by Crippen LogP contribution is 2.31. The lowest BCUT2D eigenvalue weighted by molar-refractivity contribution is -0.175. The van der Waals surface area contributed by atoms with Crippen LogP contribution in [-0.2, 0) is 9.53 Å². The van der Waals surface area contributed by atoms with Gasteiger partial charge in [-0.25, -0.2) is 4.79 Å². The van der Waals surface area contributed by atoms with Crippen LogP contribution in [0.1, 0.15) is 27.2 Å². The van der Waals surface area contributed by atoms with Crippen molar-refractivity contribution in [1.29, 1.82) is 0 Å². The Morgan fingerprint density at radius 3 is 2.36 bits per heavy atom. The van der Waals surface area contributed by atoms with Crippen molar-refractivity contribution in [2.45, 2.75) is 33.0 Å². The number of ether oxygens (including phenoxy) is 1. The van der Waals surface area contributed by atoms with Crippen molar-refractivity contribution in [3.63, 3.8) is 0 Å². The van der Waals surface area contributed by atoms with Gasteiger partial charge in [0.05, 0.1) is 0 Å². The summed E-state index contributed by atoms with van der Waals surface area (Å²) in [4.78, 5) is 10.9. The smallest absolute Gasteiger partial charge is 0.336 e. The highest BCUT2D eigenvalue weighted by atomic mass is 16.7. The molecule has 0 aromatic heterocycles. The lowest BCUT2D eigenvalue weighted by Gasteiger charge is -2.18. The fourth-order valence-corrected chi connectivity index (χ4v) is 1.38. The Balaban J connectivity index is 3.06. The molecule has 0 saturated carbocycles. The lowest BCUT2D eigenvalue weighted by atomic mass is 10.0. The number of carbonyl (C=O) groups excluding carboxylic acids is 1. The van der Waals surface area contributed by atoms with Gasteiger partial charge < -0.3 is 9.84 Å². The Bertz CT molecular complexity index is 225. The molecule has 0 saturated heterocycles. The summed E-state index contributed by atoms with van der Waals surface area (Å²) >= 11 is 0. The van der Waals surface area contributed by atoms with E-state index in [0.29, 0.717) is 17.6 Å². The monoisotopic (exact) mass is 156 g/mol. The number of cyclic esters (lactones) is 1. The molecule has 11 heavy (non-hydrogen) atoms. The largest absolute Gasteiger partial charge is 0.426 e. The van der Waals surface area contributed by atoms with E-state index in [1.807, 2.05) is 6.92 Å². The standard InChI is InChI=1S/C8H12O3/c1-4-6-5(2)7(9)11-8(6,3)10/h10H,4H2,1-3H3. The zero-order valence-corrected chi connectivity index (χ0v) is 6.97. The average molecular weight is 156 g/mol. The Hall–Kier alpha value is -0.830. The molecule has 0 aliphatic carbocycles. The van der Waals surface area contributed by atoms with Gasteiger partial charge in [0.1, 0.15) is 0 Å². The van der Waals surface area contributed by atoms with E-state index in [4.69, 9.17) is 4.74 Å². The highest BCUT2D eigenvalue weighted by molar-refractivity contribution is 5.92. The van der Waals surface area contributed by atoms with E-state index in [2.05, 4.69) is 0 Å². The molecule has 1 heterocycles. The first kappa shape index (κ1) is 8.27. The summed E-state index contributed by atoms with van der Waals surface area (Å²) in [6.07, 6.45) is 0.643. The minimum absolute atomic E-state index is 0.410. The Morgan fingerprint density at radius 2 is 2.18 bits per heavy atom. The van der Waals surface area contributed by atoms with Crippen LogP contribution in [0.4, 0.5) is 0 Å². The molecule has 1 unspecified atom stereocenters. The maximum Gasteiger partial charge on any atom is 0.336 e. The van der Waals surface area contributed by atoms with Crippen molar-refractivity contribution < 1.29 is 14.6 Å². The summed E-state index contributed by atoms with van der Waals surface area (Å²) < 4.78 is 4.71. The quantitative estimate of drug-likeness (QED) is 0.575. The fraction of sp³-hybridized carbons (Fsp3) is 0.625. The molecule has 0 spiro atoms. The summed E-state index contributed by atoms with van der Waals surface area (Å²) in [5.41, 5.74) is 1.22. The van der Waals surface area contributed by atoms with Gasteiger partial charge in [0.2, 0.25) is 5.79 Å². The van der Waals surface area contributed by atoms with E-state index in [1.165, 1.54) is 6.92 Å². The van der Waals surface area contributed by atoms with E-state index in [0.717, 1.165) is 0 Å². The molecule has 0 aromatic rings. The Kier molecular flexibility index (Phi) is 1.76. The van der Waals surface area contributed by atoms with Crippen LogP contribution in [0.3, 0.4) is 0 Å². The molecule has 1 aliphatic rings. The van der Waals surface area contributed by atoms with Crippen molar-refractivity contribution in [3.8, 4) is 0 Å². The summed E-state index contributed by atoms with van der Waals surface area (Å²) in [6.45, 7) is 5.04. The topological polar surface area (TPSA) is 46.5 Å². The number of esters is 1. The van der Waals surface area contributed by atoms with Gasteiger partial charge in [-0.2, -0.15) is 0 Å². The third-order valence-electron chi connectivity index (χ3n) is 1.96. The van der Waals surface area contributed by atoms with Crippen LogP contribution >= 0.6 is 0 Å². The van der Waals surface area contributed by atoms with Gasteiger partial charge in [-0.15, -0.1) is 0 Å². The van der Waals surface area contributed by atoms with Gasteiger partial charge in [-0.05, 0) is 13.3 Å². The van der Waals surface area contributed by atoms with Crippen molar-refractivity contribution in [2.75, 3.05) is 0 Å². The summed E-state index contributed by atoms with van der Waals surface area (Å²) in [7, 11) is 0. The van der Waals surface area contributed by atoms with Crippen LogP contribution in [-0.4, -0.2) is 16.9 Å². The Labute approximate surface area is 65.7 Å². The second-order valence-electron chi connectivity index (χ2n) is 2.83. The first-order valence-electron chi connectivity index (χ1n) is 3.65. The molecule has 1 N–H and O–H groups in total. The normalized spacial score (nSPS) is 31.1. The molecule has 0 aromatic carbocycles. The molecule has 3 heteroatoms. The molecule has 0 bridgehead atoms. The predicted octanol–water partition coefficient (Wildman–Crippen LogP) is 0.978. The summed E-state index contributed by atoms with van der Waals surface area (Å²) in [6, 6.07) is 0. The summed E-state index contributed by atoms with van der Waals surface area (Å²) in [5, 5.41) is 9.49. The van der Waals surface area contributed by atoms with E-state index in [9.17, 15) is 9.90 Å². The maximum atomic E-state index is 10.9. The van der Waals surface area contributed by atoms with Gasteiger partial charge in [0.25, 0.3) is 0 Å². The zero-order chi connectivity index (χ0) is 8.65. The van der Waals surface area contributed by atoms with Crippen LogP contribution in [0.5, 0.6) is 0 Å². The van der Waals surface area contributed by atoms with Crippen molar-refractivity contribution >= 4 is 5.97 Å². The molecule has 3 nitrogen and oxygen atoms in total. The summed E-state index contributed by atoms with van der Waals surface area (Å²) in [5.74, 6) is -1.78. The minimum Gasteiger partial charge on any atom is -0.426 e. The average Bonchev–Trinajstić information content (AvgIpc) is 2.03. The SMILES string of the molecule is CCC1=C(C)C(=O)OC1(C)O. The molecule has 1 rings (SSSR count). The lowest BCUT2D eigenvalue weighted by Crippen LogP contribution is -2.26. The number of carbonyl (C=O) groups is 1. The molecule has 0 amide bonds. The molecule has 0 radical (unpaired) electrons. The zero-order valence-electron chi connectivity index (χ0n) is 6.97. The van der Waals surface area contributed by atoms with E-state index < -0.39 is 11.8 Å².